The average molecular weight is 309 g/mol. The van der Waals surface area contributed by atoms with E-state index in [9.17, 15) is 9.59 Å². The highest BCUT2D eigenvalue weighted by atomic mass is 16.2. The summed E-state index contributed by atoms with van der Waals surface area (Å²) >= 11 is 0. The summed E-state index contributed by atoms with van der Waals surface area (Å²) < 4.78 is 0. The second-order valence-electron chi connectivity index (χ2n) is 5.71. The van der Waals surface area contributed by atoms with Gasteiger partial charge in [-0.25, -0.2) is 0 Å². The van der Waals surface area contributed by atoms with Crippen LogP contribution in [0, 0.1) is 6.92 Å². The van der Waals surface area contributed by atoms with Crippen molar-refractivity contribution in [3.8, 4) is 0 Å². The van der Waals surface area contributed by atoms with Crippen molar-refractivity contribution in [1.82, 2.24) is 10.3 Å². The lowest BCUT2D eigenvalue weighted by molar-refractivity contribution is -0.117. The highest BCUT2D eigenvalue weighted by molar-refractivity contribution is 6.00. The first-order chi connectivity index (χ1) is 11.1. The molecule has 2 heterocycles. The van der Waals surface area contributed by atoms with Crippen molar-refractivity contribution in [2.45, 2.75) is 19.8 Å². The third-order valence-corrected chi connectivity index (χ3v) is 3.98. The molecule has 2 amide bonds. The fraction of sp³-hybridized carbons (Fsp3) is 0.278. The number of nitrogens with zero attached hydrogens (tertiary/aromatic N) is 2. The van der Waals surface area contributed by atoms with Crippen LogP contribution in [0.15, 0.2) is 42.7 Å². The Labute approximate surface area is 135 Å². The number of anilines is 1. The molecule has 5 heteroatoms. The van der Waals surface area contributed by atoms with E-state index in [2.05, 4.69) is 22.4 Å². The van der Waals surface area contributed by atoms with Gasteiger partial charge in [-0.2, -0.15) is 0 Å². The van der Waals surface area contributed by atoms with Gasteiger partial charge in [-0.1, -0.05) is 12.1 Å². The van der Waals surface area contributed by atoms with Gasteiger partial charge in [-0.3, -0.25) is 14.6 Å². The number of carbonyl (C=O) groups is 2. The van der Waals surface area contributed by atoms with Gasteiger partial charge in [0.15, 0.2) is 0 Å². The lowest BCUT2D eigenvalue weighted by Crippen LogP contribution is -2.42. The minimum atomic E-state index is -0.284. The van der Waals surface area contributed by atoms with Crippen LogP contribution in [0.5, 0.6) is 0 Å². The van der Waals surface area contributed by atoms with Crippen LogP contribution < -0.4 is 10.2 Å². The van der Waals surface area contributed by atoms with E-state index in [1.54, 1.807) is 23.2 Å². The maximum atomic E-state index is 12.5. The Morgan fingerprint density at radius 1 is 1.30 bits per heavy atom. The number of rotatable bonds is 3. The van der Waals surface area contributed by atoms with Gasteiger partial charge in [-0.15, -0.1) is 0 Å². The Morgan fingerprint density at radius 3 is 2.96 bits per heavy atom. The lowest BCUT2D eigenvalue weighted by Gasteiger charge is -2.30. The molecule has 0 saturated heterocycles. The van der Waals surface area contributed by atoms with Crippen molar-refractivity contribution >= 4 is 17.5 Å². The molecule has 0 fully saturated rings. The highest BCUT2D eigenvalue weighted by Crippen LogP contribution is 2.28. The monoisotopic (exact) mass is 309 g/mol. The first-order valence-electron chi connectivity index (χ1n) is 7.73. The topological polar surface area (TPSA) is 62.3 Å². The normalized spacial score (nSPS) is 13.3. The summed E-state index contributed by atoms with van der Waals surface area (Å²) in [6, 6.07) is 9.55. The summed E-state index contributed by atoms with van der Waals surface area (Å²) in [4.78, 5) is 30.2. The van der Waals surface area contributed by atoms with E-state index in [0.29, 0.717) is 12.1 Å². The number of hydrogen-bond acceptors (Lipinski definition) is 3. The number of aryl methyl sites for hydroxylation is 2. The van der Waals surface area contributed by atoms with Gasteiger partial charge < -0.3 is 10.2 Å². The molecule has 0 saturated carbocycles. The van der Waals surface area contributed by atoms with Crippen molar-refractivity contribution in [3.63, 3.8) is 0 Å². The molecule has 118 valence electrons. The zero-order valence-electron chi connectivity index (χ0n) is 13.1. The molecule has 0 bridgehead atoms. The van der Waals surface area contributed by atoms with Crippen LogP contribution in [0.1, 0.15) is 27.9 Å². The van der Waals surface area contributed by atoms with E-state index in [-0.39, 0.29) is 18.4 Å². The second kappa shape index (κ2) is 6.60. The number of amides is 2. The van der Waals surface area contributed by atoms with Gasteiger partial charge in [0.25, 0.3) is 5.91 Å². The summed E-state index contributed by atoms with van der Waals surface area (Å²) in [5.41, 5.74) is 3.74. The third-order valence-electron chi connectivity index (χ3n) is 3.98. The molecule has 1 aliphatic rings. The van der Waals surface area contributed by atoms with Gasteiger partial charge in [-0.05, 0) is 49.1 Å². The van der Waals surface area contributed by atoms with Crippen LogP contribution in [0.4, 0.5) is 5.69 Å². The van der Waals surface area contributed by atoms with E-state index in [1.807, 2.05) is 13.0 Å². The molecule has 5 nitrogen and oxygen atoms in total. The maximum absolute atomic E-state index is 12.5. The zero-order chi connectivity index (χ0) is 16.2. The first kappa shape index (κ1) is 15.2. The van der Waals surface area contributed by atoms with Crippen molar-refractivity contribution in [1.29, 1.82) is 0 Å². The highest BCUT2D eigenvalue weighted by Gasteiger charge is 2.22. The largest absolute Gasteiger partial charge is 0.343 e. The molecular formula is C18H19N3O2. The summed E-state index contributed by atoms with van der Waals surface area (Å²) in [6.45, 7) is 2.70. The Kier molecular flexibility index (Phi) is 4.37. The van der Waals surface area contributed by atoms with Gasteiger partial charge >= 0.3 is 0 Å². The standard InChI is InChI=1S/C18H19N3O2/c1-13-6-7-14-5-3-9-21(16(14)10-13)17(22)12-20-18(23)15-4-2-8-19-11-15/h2,4,6-8,10-11H,3,5,9,12H2,1H3,(H,20,23). The molecule has 1 aliphatic heterocycles. The molecule has 1 aromatic carbocycles. The minimum Gasteiger partial charge on any atom is -0.343 e. The van der Waals surface area contributed by atoms with E-state index in [1.165, 1.54) is 11.8 Å². The predicted octanol–water partition coefficient (Wildman–Crippen LogP) is 2.10. The van der Waals surface area contributed by atoms with Gasteiger partial charge in [0.2, 0.25) is 5.91 Å². The molecular weight excluding hydrogens is 290 g/mol. The van der Waals surface area contributed by atoms with Crippen molar-refractivity contribution in [2.75, 3.05) is 18.0 Å². The van der Waals surface area contributed by atoms with Crippen LogP contribution in [-0.4, -0.2) is 29.9 Å². The van der Waals surface area contributed by atoms with Gasteiger partial charge in [0.1, 0.15) is 0 Å². The molecule has 1 N–H and O–H groups in total. The molecule has 0 unspecified atom stereocenters. The number of nitrogens with one attached hydrogen (secondary N) is 1. The average Bonchev–Trinajstić information content (AvgIpc) is 2.59. The van der Waals surface area contributed by atoms with E-state index in [0.717, 1.165) is 24.1 Å². The number of pyridine rings is 1. The van der Waals surface area contributed by atoms with Gasteiger partial charge in [0, 0.05) is 24.6 Å². The molecule has 1 aromatic heterocycles. The van der Waals surface area contributed by atoms with Crippen molar-refractivity contribution in [2.24, 2.45) is 0 Å². The van der Waals surface area contributed by atoms with Crippen molar-refractivity contribution < 1.29 is 9.59 Å². The zero-order valence-corrected chi connectivity index (χ0v) is 13.1. The van der Waals surface area contributed by atoms with Crippen LogP contribution >= 0.6 is 0 Å². The fourth-order valence-electron chi connectivity index (χ4n) is 2.79. The maximum Gasteiger partial charge on any atom is 0.253 e. The van der Waals surface area contributed by atoms with E-state index >= 15 is 0 Å². The molecule has 0 radical (unpaired) electrons. The number of fused-ring (bicyclic) bond motifs is 1. The van der Waals surface area contributed by atoms with Gasteiger partial charge in [0.05, 0.1) is 12.1 Å². The number of benzene rings is 1. The van der Waals surface area contributed by atoms with Crippen LogP contribution in [0.2, 0.25) is 0 Å². The molecule has 2 aromatic rings. The van der Waals surface area contributed by atoms with Crippen LogP contribution in [0.25, 0.3) is 0 Å². The number of aromatic nitrogens is 1. The Hall–Kier alpha value is -2.69. The first-order valence-corrected chi connectivity index (χ1v) is 7.73. The van der Waals surface area contributed by atoms with E-state index in [4.69, 9.17) is 0 Å². The molecule has 3 rings (SSSR count). The summed E-state index contributed by atoms with van der Waals surface area (Å²) in [6.07, 6.45) is 5.02. The van der Waals surface area contributed by atoms with Crippen molar-refractivity contribution in [3.05, 3.63) is 59.4 Å². The summed E-state index contributed by atoms with van der Waals surface area (Å²) in [7, 11) is 0. The number of hydrogen-bond donors (Lipinski definition) is 1. The fourth-order valence-corrected chi connectivity index (χ4v) is 2.79. The quantitative estimate of drug-likeness (QED) is 0.944. The summed E-state index contributed by atoms with van der Waals surface area (Å²) in [5.74, 6) is -0.373. The summed E-state index contributed by atoms with van der Waals surface area (Å²) in [5, 5.41) is 2.67. The molecule has 0 atom stereocenters. The predicted molar refractivity (Wildman–Crippen MR) is 88.4 cm³/mol. The molecule has 0 spiro atoms. The lowest BCUT2D eigenvalue weighted by atomic mass is 10.00. The molecule has 0 aliphatic carbocycles. The second-order valence-corrected chi connectivity index (χ2v) is 5.71. The molecule has 23 heavy (non-hydrogen) atoms. The minimum absolute atomic E-state index is 0.0128. The van der Waals surface area contributed by atoms with Crippen LogP contribution in [0.3, 0.4) is 0 Å². The smallest absolute Gasteiger partial charge is 0.253 e. The van der Waals surface area contributed by atoms with E-state index < -0.39 is 0 Å². The third kappa shape index (κ3) is 3.39. The SMILES string of the molecule is Cc1ccc2c(c1)N(C(=O)CNC(=O)c1cccnc1)CCC2. The number of carbonyl (C=O) groups excluding carboxylic acids is 2. The Balaban J connectivity index is 1.68. The Morgan fingerprint density at radius 2 is 2.17 bits per heavy atom. The van der Waals surface area contributed by atoms with Crippen LogP contribution in [-0.2, 0) is 11.2 Å². The Bertz CT molecular complexity index is 728.